The summed E-state index contributed by atoms with van der Waals surface area (Å²) in [6.07, 6.45) is -0.198. The summed E-state index contributed by atoms with van der Waals surface area (Å²) in [4.78, 5) is 17.3. The molecule has 1 saturated heterocycles. The van der Waals surface area contributed by atoms with Crippen LogP contribution in [0.2, 0.25) is 0 Å². The van der Waals surface area contributed by atoms with Gasteiger partial charge in [0.15, 0.2) is 23.0 Å². The molecule has 2 heterocycles. The number of ether oxygens (including phenoxy) is 4. The Bertz CT molecular complexity index is 1320. The molecule has 2 aliphatic heterocycles. The third-order valence-electron chi connectivity index (χ3n) is 7.02. The quantitative estimate of drug-likeness (QED) is 0.526. The van der Waals surface area contributed by atoms with Crippen molar-refractivity contribution in [1.29, 1.82) is 0 Å². The number of benzene rings is 3. The molecule has 9 nitrogen and oxygen atoms in total. The standard InChI is InChI=1S/C30H35N3O6/c1-32-14-21-8-10-27(37-3)28(13-21)39-23-6-4-5-22(11-23)19-38-29-17-33(16-24(29)31-30(35)18-32)15-20-7-9-26(36-2)25(34)12-20/h4-13,24,29,34H,14-19H2,1-3H3,(H,31,35)/t24-,29-/m0/s1. The minimum absolute atomic E-state index is 0.0564. The summed E-state index contributed by atoms with van der Waals surface area (Å²) in [6, 6.07) is 18.9. The van der Waals surface area contributed by atoms with Gasteiger partial charge in [0.05, 0.1) is 39.5 Å². The number of carbonyl (C=O) groups excluding carboxylic acids is 1. The van der Waals surface area contributed by atoms with E-state index in [1.807, 2.05) is 60.5 Å². The highest BCUT2D eigenvalue weighted by Crippen LogP contribution is 2.33. The highest BCUT2D eigenvalue weighted by atomic mass is 16.5. The number of likely N-dealkylation sites (N-methyl/N-ethyl adjacent to an activating group) is 1. The fourth-order valence-corrected chi connectivity index (χ4v) is 5.17. The fourth-order valence-electron chi connectivity index (χ4n) is 5.17. The zero-order chi connectivity index (χ0) is 27.4. The van der Waals surface area contributed by atoms with Crippen LogP contribution in [0.3, 0.4) is 0 Å². The van der Waals surface area contributed by atoms with Crippen LogP contribution in [0.25, 0.3) is 0 Å². The van der Waals surface area contributed by atoms with Crippen LogP contribution in [0.1, 0.15) is 16.7 Å². The summed E-state index contributed by atoms with van der Waals surface area (Å²) in [6.45, 7) is 3.10. The van der Waals surface area contributed by atoms with E-state index in [1.165, 1.54) is 7.11 Å². The Balaban J connectivity index is 1.36. The molecule has 0 radical (unpaired) electrons. The van der Waals surface area contributed by atoms with Crippen LogP contribution in [-0.4, -0.2) is 73.9 Å². The van der Waals surface area contributed by atoms with Crippen molar-refractivity contribution in [2.75, 3.05) is 40.9 Å². The average Bonchev–Trinajstić information content (AvgIpc) is 3.27. The van der Waals surface area contributed by atoms with Crippen molar-refractivity contribution in [2.45, 2.75) is 31.8 Å². The molecule has 5 rings (SSSR count). The Hall–Kier alpha value is -3.79. The van der Waals surface area contributed by atoms with Gasteiger partial charge in [0.1, 0.15) is 5.75 Å². The highest BCUT2D eigenvalue weighted by molar-refractivity contribution is 5.78. The Labute approximate surface area is 228 Å². The monoisotopic (exact) mass is 533 g/mol. The first-order valence-corrected chi connectivity index (χ1v) is 13.0. The Morgan fingerprint density at radius 3 is 2.59 bits per heavy atom. The number of rotatable bonds is 4. The molecule has 4 bridgehead atoms. The number of hydrogen-bond acceptors (Lipinski definition) is 8. The first kappa shape index (κ1) is 26.8. The molecule has 2 atom stereocenters. The normalized spacial score (nSPS) is 20.5. The topological polar surface area (TPSA) is 92.7 Å². The summed E-state index contributed by atoms with van der Waals surface area (Å²) >= 11 is 0. The smallest absolute Gasteiger partial charge is 0.234 e. The van der Waals surface area contributed by atoms with Crippen molar-refractivity contribution in [3.63, 3.8) is 0 Å². The largest absolute Gasteiger partial charge is 0.504 e. The van der Waals surface area contributed by atoms with Gasteiger partial charge in [-0.15, -0.1) is 0 Å². The number of likely N-dealkylation sites (tertiary alicyclic amines) is 1. The zero-order valence-electron chi connectivity index (χ0n) is 22.6. The van der Waals surface area contributed by atoms with Crippen LogP contribution in [-0.2, 0) is 29.2 Å². The molecule has 0 spiro atoms. The maximum absolute atomic E-state index is 13.1. The molecular formula is C30H35N3O6. The van der Waals surface area contributed by atoms with Gasteiger partial charge in [-0.1, -0.05) is 24.3 Å². The minimum Gasteiger partial charge on any atom is -0.504 e. The molecule has 206 valence electrons. The maximum atomic E-state index is 13.1. The molecule has 2 N–H and O–H groups in total. The molecule has 9 heteroatoms. The molecule has 39 heavy (non-hydrogen) atoms. The van der Waals surface area contributed by atoms with Crippen molar-refractivity contribution in [3.05, 3.63) is 77.4 Å². The summed E-state index contributed by atoms with van der Waals surface area (Å²) in [5, 5.41) is 13.4. The minimum atomic E-state index is -0.198. The lowest BCUT2D eigenvalue weighted by Gasteiger charge is -2.23. The van der Waals surface area contributed by atoms with Gasteiger partial charge in [0.25, 0.3) is 0 Å². The number of aromatic hydroxyl groups is 1. The fraction of sp³-hybridized carbons (Fsp3) is 0.367. The van der Waals surface area contributed by atoms with Crippen molar-refractivity contribution in [3.8, 4) is 28.7 Å². The number of phenols is 1. The van der Waals surface area contributed by atoms with Gasteiger partial charge in [0, 0.05) is 26.2 Å². The Morgan fingerprint density at radius 1 is 0.974 bits per heavy atom. The van der Waals surface area contributed by atoms with E-state index in [0.29, 0.717) is 55.8 Å². The lowest BCUT2D eigenvalue weighted by Crippen LogP contribution is -2.47. The maximum Gasteiger partial charge on any atom is 0.234 e. The average molecular weight is 534 g/mol. The third kappa shape index (κ3) is 6.62. The molecule has 3 aromatic rings. The van der Waals surface area contributed by atoms with Crippen LogP contribution in [0.15, 0.2) is 60.7 Å². The van der Waals surface area contributed by atoms with Crippen molar-refractivity contribution in [1.82, 2.24) is 15.1 Å². The van der Waals surface area contributed by atoms with E-state index >= 15 is 0 Å². The molecule has 0 aliphatic carbocycles. The third-order valence-corrected chi connectivity index (χ3v) is 7.02. The molecule has 1 amide bonds. The van der Waals surface area contributed by atoms with E-state index in [9.17, 15) is 9.90 Å². The SMILES string of the molecule is COc1ccc(CN2C[C@@H]3NC(=O)CN(C)Cc4ccc(OC)c(c4)Oc4cccc(c4)CO[C@H]3C2)cc1O. The lowest BCUT2D eigenvalue weighted by atomic mass is 10.1. The van der Waals surface area contributed by atoms with E-state index < -0.39 is 0 Å². The van der Waals surface area contributed by atoms with Gasteiger partial charge < -0.3 is 29.4 Å². The van der Waals surface area contributed by atoms with Crippen LogP contribution < -0.4 is 19.5 Å². The zero-order valence-corrected chi connectivity index (χ0v) is 22.6. The second-order valence-electron chi connectivity index (χ2n) is 10.1. The lowest BCUT2D eigenvalue weighted by molar-refractivity contribution is -0.123. The first-order chi connectivity index (χ1) is 18.9. The number of phenolic OH excluding ortho intramolecular Hbond substituents is 1. The van der Waals surface area contributed by atoms with Gasteiger partial charge in [0.2, 0.25) is 5.91 Å². The molecule has 0 unspecified atom stereocenters. The molecular weight excluding hydrogens is 498 g/mol. The Morgan fingerprint density at radius 2 is 1.79 bits per heavy atom. The van der Waals surface area contributed by atoms with E-state index in [4.69, 9.17) is 18.9 Å². The molecule has 0 saturated carbocycles. The predicted octanol–water partition coefficient (Wildman–Crippen LogP) is 3.53. The summed E-state index contributed by atoms with van der Waals surface area (Å²) in [7, 11) is 5.07. The number of amides is 1. The van der Waals surface area contributed by atoms with Gasteiger partial charge in [-0.05, 0) is 60.1 Å². The van der Waals surface area contributed by atoms with E-state index in [2.05, 4.69) is 10.2 Å². The van der Waals surface area contributed by atoms with Crippen molar-refractivity contribution >= 4 is 5.91 Å². The van der Waals surface area contributed by atoms with Crippen LogP contribution >= 0.6 is 0 Å². The second kappa shape index (κ2) is 11.9. The number of hydrogen-bond donors (Lipinski definition) is 2. The number of nitrogens with zero attached hydrogens (tertiary/aromatic N) is 2. The van der Waals surface area contributed by atoms with Crippen molar-refractivity contribution < 1.29 is 28.8 Å². The predicted molar refractivity (Wildman–Crippen MR) is 146 cm³/mol. The van der Waals surface area contributed by atoms with E-state index in [0.717, 1.165) is 16.7 Å². The van der Waals surface area contributed by atoms with Gasteiger partial charge in [-0.25, -0.2) is 0 Å². The van der Waals surface area contributed by atoms with Crippen LogP contribution in [0, 0.1) is 0 Å². The molecule has 3 aromatic carbocycles. The van der Waals surface area contributed by atoms with E-state index in [1.54, 1.807) is 19.2 Å². The summed E-state index contributed by atoms with van der Waals surface area (Å²) in [5.74, 6) is 2.45. The molecule has 2 aliphatic rings. The first-order valence-electron chi connectivity index (χ1n) is 13.0. The number of fused-ring (bicyclic) bond motifs is 5. The number of nitrogens with one attached hydrogen (secondary N) is 1. The number of carbonyl (C=O) groups is 1. The van der Waals surface area contributed by atoms with Gasteiger partial charge >= 0.3 is 0 Å². The summed E-state index contributed by atoms with van der Waals surface area (Å²) < 4.78 is 23.3. The Kier molecular flexibility index (Phi) is 8.21. The summed E-state index contributed by atoms with van der Waals surface area (Å²) in [5.41, 5.74) is 2.94. The molecule has 0 aromatic heterocycles. The van der Waals surface area contributed by atoms with Crippen molar-refractivity contribution in [2.24, 2.45) is 0 Å². The van der Waals surface area contributed by atoms with Crippen LogP contribution in [0.5, 0.6) is 28.7 Å². The molecule has 1 fully saturated rings. The second-order valence-corrected chi connectivity index (χ2v) is 10.1. The van der Waals surface area contributed by atoms with Gasteiger partial charge in [-0.3, -0.25) is 14.6 Å². The highest BCUT2D eigenvalue weighted by Gasteiger charge is 2.35. The van der Waals surface area contributed by atoms with Gasteiger partial charge in [-0.2, -0.15) is 0 Å². The van der Waals surface area contributed by atoms with E-state index in [-0.39, 0.29) is 30.3 Å². The van der Waals surface area contributed by atoms with Crippen LogP contribution in [0.4, 0.5) is 0 Å². The number of methoxy groups -OCH3 is 2.